The zero-order chi connectivity index (χ0) is 13.7. The van der Waals surface area contributed by atoms with Gasteiger partial charge in [0.1, 0.15) is 0 Å². The lowest BCUT2D eigenvalue weighted by atomic mass is 9.99. The largest absolute Gasteiger partial charge is 0.204 e. The second-order valence-corrected chi connectivity index (χ2v) is 5.81. The van der Waals surface area contributed by atoms with E-state index in [9.17, 15) is 8.78 Å². The molecule has 0 nitrogen and oxygen atoms in total. The minimum atomic E-state index is -0.783. The molecule has 0 saturated heterocycles. The van der Waals surface area contributed by atoms with E-state index in [1.807, 2.05) is 35.7 Å². The van der Waals surface area contributed by atoms with Gasteiger partial charge in [0.2, 0.25) is 0 Å². The first-order valence-electron chi connectivity index (χ1n) is 6.38. The maximum absolute atomic E-state index is 14.3. The monoisotopic (exact) mass is 284 g/mol. The number of halogens is 2. The molecule has 3 aromatic rings. The summed E-state index contributed by atoms with van der Waals surface area (Å²) in [5, 5.41) is 1.93. The number of fused-ring (bicyclic) bond motifs is 5. The highest BCUT2D eigenvalue weighted by Crippen LogP contribution is 2.44. The van der Waals surface area contributed by atoms with Crippen molar-refractivity contribution in [1.82, 2.24) is 0 Å². The van der Waals surface area contributed by atoms with E-state index in [2.05, 4.69) is 0 Å². The topological polar surface area (TPSA) is 0 Å². The van der Waals surface area contributed by atoms with Crippen LogP contribution < -0.4 is 0 Å². The van der Waals surface area contributed by atoms with Gasteiger partial charge in [0.05, 0.1) is 0 Å². The Morgan fingerprint density at radius 1 is 0.850 bits per heavy atom. The summed E-state index contributed by atoms with van der Waals surface area (Å²) in [4.78, 5) is 0.821. The van der Waals surface area contributed by atoms with Gasteiger partial charge in [-0.25, -0.2) is 8.78 Å². The van der Waals surface area contributed by atoms with Crippen molar-refractivity contribution in [2.45, 2.75) is 6.42 Å². The normalized spacial score (nSPS) is 12.3. The van der Waals surface area contributed by atoms with Gasteiger partial charge in [-0.15, -0.1) is 11.3 Å². The lowest BCUT2D eigenvalue weighted by molar-refractivity contribution is 0.510. The first kappa shape index (κ1) is 11.8. The predicted molar refractivity (Wildman–Crippen MR) is 77.9 cm³/mol. The molecule has 0 radical (unpaired) electrons. The lowest BCUT2D eigenvalue weighted by Crippen LogP contribution is -1.95. The van der Waals surface area contributed by atoms with E-state index in [0.717, 1.165) is 27.1 Å². The third kappa shape index (κ3) is 1.56. The summed E-state index contributed by atoms with van der Waals surface area (Å²) in [7, 11) is 0. The maximum Gasteiger partial charge on any atom is 0.167 e. The Morgan fingerprint density at radius 3 is 2.60 bits per heavy atom. The third-order valence-electron chi connectivity index (χ3n) is 3.76. The van der Waals surface area contributed by atoms with Gasteiger partial charge in [-0.3, -0.25) is 0 Å². The van der Waals surface area contributed by atoms with Gasteiger partial charge < -0.3 is 0 Å². The highest BCUT2D eigenvalue weighted by Gasteiger charge is 2.24. The molecule has 2 aromatic carbocycles. The standard InChI is InChI=1S/C17H10F2S/c18-14-6-5-11-9-10-3-1-2-4-12(10)13-7-8-20-17(13)15(11)16(14)19/h1-8H,9H2. The molecule has 0 bridgehead atoms. The Balaban J connectivity index is 2.13. The fourth-order valence-corrected chi connectivity index (χ4v) is 3.82. The molecule has 1 aliphatic carbocycles. The van der Waals surface area contributed by atoms with Gasteiger partial charge in [-0.1, -0.05) is 30.3 Å². The molecule has 0 fully saturated rings. The highest BCUT2D eigenvalue weighted by atomic mass is 32.1. The quantitative estimate of drug-likeness (QED) is 0.413. The van der Waals surface area contributed by atoms with Crippen molar-refractivity contribution < 1.29 is 8.78 Å². The summed E-state index contributed by atoms with van der Waals surface area (Å²) in [5.41, 5.74) is 4.52. The molecule has 0 spiro atoms. The lowest BCUT2D eigenvalue weighted by Gasteiger charge is -2.08. The fourth-order valence-electron chi connectivity index (χ4n) is 2.84. The van der Waals surface area contributed by atoms with Crippen molar-refractivity contribution in [2.24, 2.45) is 0 Å². The summed E-state index contributed by atoms with van der Waals surface area (Å²) in [6.07, 6.45) is 0.629. The van der Waals surface area contributed by atoms with E-state index in [-0.39, 0.29) is 0 Å². The second-order valence-electron chi connectivity index (χ2n) is 4.89. The van der Waals surface area contributed by atoms with Crippen LogP contribution in [0.4, 0.5) is 8.78 Å². The predicted octanol–water partition coefficient (Wildman–Crippen LogP) is 5.26. The average molecular weight is 284 g/mol. The third-order valence-corrected chi connectivity index (χ3v) is 4.69. The van der Waals surface area contributed by atoms with E-state index >= 15 is 0 Å². The number of thiophene rings is 1. The minimum Gasteiger partial charge on any atom is -0.204 e. The van der Waals surface area contributed by atoms with Gasteiger partial charge >= 0.3 is 0 Å². The number of hydrogen-bond donors (Lipinski definition) is 0. The van der Waals surface area contributed by atoms with Crippen LogP contribution in [-0.2, 0) is 6.42 Å². The maximum atomic E-state index is 14.3. The van der Waals surface area contributed by atoms with Crippen LogP contribution in [0.2, 0.25) is 0 Å². The number of rotatable bonds is 0. The van der Waals surface area contributed by atoms with Gasteiger partial charge in [0, 0.05) is 16.0 Å². The SMILES string of the molecule is Fc1ccc2c(c1F)-c1sccc1-c1ccccc1C2. The van der Waals surface area contributed by atoms with Crippen LogP contribution in [0.5, 0.6) is 0 Å². The molecule has 98 valence electrons. The Labute approximate surface area is 119 Å². The van der Waals surface area contributed by atoms with Crippen LogP contribution in [0.15, 0.2) is 47.8 Å². The van der Waals surface area contributed by atoms with Crippen molar-refractivity contribution >= 4 is 11.3 Å². The van der Waals surface area contributed by atoms with Crippen molar-refractivity contribution in [3.8, 4) is 21.6 Å². The molecule has 0 saturated carbocycles. The Hall–Kier alpha value is -2.00. The zero-order valence-corrected chi connectivity index (χ0v) is 11.3. The van der Waals surface area contributed by atoms with Crippen LogP contribution in [0, 0.1) is 11.6 Å². The minimum absolute atomic E-state index is 0.422. The van der Waals surface area contributed by atoms with Crippen LogP contribution in [0.3, 0.4) is 0 Å². The second kappa shape index (κ2) is 4.25. The molecule has 1 aliphatic rings. The summed E-state index contributed by atoms with van der Waals surface area (Å²) >= 11 is 1.46. The molecule has 0 unspecified atom stereocenters. The van der Waals surface area contributed by atoms with E-state index in [1.54, 1.807) is 6.07 Å². The number of benzene rings is 2. The van der Waals surface area contributed by atoms with E-state index < -0.39 is 11.6 Å². The van der Waals surface area contributed by atoms with Crippen LogP contribution in [-0.4, -0.2) is 0 Å². The average Bonchev–Trinajstić information content (AvgIpc) is 2.88. The fraction of sp³-hybridized carbons (Fsp3) is 0.0588. The molecule has 3 heteroatoms. The molecule has 4 rings (SSSR count). The molecular weight excluding hydrogens is 274 g/mol. The molecule has 20 heavy (non-hydrogen) atoms. The summed E-state index contributed by atoms with van der Waals surface area (Å²) in [5.74, 6) is -1.52. The van der Waals surface area contributed by atoms with Crippen molar-refractivity contribution in [3.05, 3.63) is 70.6 Å². The van der Waals surface area contributed by atoms with Gasteiger partial charge in [0.25, 0.3) is 0 Å². The highest BCUT2D eigenvalue weighted by molar-refractivity contribution is 7.14. The van der Waals surface area contributed by atoms with Gasteiger partial charge in [0.15, 0.2) is 11.6 Å². The first-order valence-corrected chi connectivity index (χ1v) is 7.26. The van der Waals surface area contributed by atoms with Crippen molar-refractivity contribution in [3.63, 3.8) is 0 Å². The zero-order valence-electron chi connectivity index (χ0n) is 10.5. The van der Waals surface area contributed by atoms with E-state index in [4.69, 9.17) is 0 Å². The van der Waals surface area contributed by atoms with Gasteiger partial charge in [-0.05, 0) is 40.6 Å². The Morgan fingerprint density at radius 2 is 1.70 bits per heavy atom. The van der Waals surface area contributed by atoms with Crippen LogP contribution >= 0.6 is 11.3 Å². The molecule has 0 N–H and O–H groups in total. The van der Waals surface area contributed by atoms with E-state index in [1.165, 1.54) is 17.4 Å². The summed E-state index contributed by atoms with van der Waals surface area (Å²) in [6.45, 7) is 0. The molecule has 0 aliphatic heterocycles. The summed E-state index contributed by atoms with van der Waals surface area (Å²) in [6, 6.07) is 12.9. The summed E-state index contributed by atoms with van der Waals surface area (Å²) < 4.78 is 27.9. The molecule has 1 heterocycles. The van der Waals surface area contributed by atoms with Crippen molar-refractivity contribution in [1.29, 1.82) is 0 Å². The number of hydrogen-bond acceptors (Lipinski definition) is 1. The van der Waals surface area contributed by atoms with E-state index in [0.29, 0.717) is 12.0 Å². The Kier molecular flexibility index (Phi) is 2.51. The first-order chi connectivity index (χ1) is 9.75. The van der Waals surface area contributed by atoms with Crippen molar-refractivity contribution in [2.75, 3.05) is 0 Å². The smallest absolute Gasteiger partial charge is 0.167 e. The molecule has 0 atom stereocenters. The molecule has 1 aromatic heterocycles. The van der Waals surface area contributed by atoms with Crippen LogP contribution in [0.1, 0.15) is 11.1 Å². The molecular formula is C17H10F2S. The van der Waals surface area contributed by atoms with Gasteiger partial charge in [-0.2, -0.15) is 0 Å². The Bertz CT molecular complexity index is 818. The van der Waals surface area contributed by atoms with Crippen LogP contribution in [0.25, 0.3) is 21.6 Å². The molecule has 0 amide bonds.